The second-order valence-corrected chi connectivity index (χ2v) is 7.07. The molecule has 0 unspecified atom stereocenters. The summed E-state index contributed by atoms with van der Waals surface area (Å²) in [6, 6.07) is 22.6. The van der Waals surface area contributed by atoms with E-state index in [0.29, 0.717) is 23.5 Å². The molecule has 0 aromatic heterocycles. The minimum atomic E-state index is -0.319. The standard InChI is InChI=1S/C25H26N2O3/c1-18-9-8-14-23(19(18)2)30-17-24(28)27-22-13-7-6-12-21(22)25(29)26-16-15-20-10-4-3-5-11-20/h3-14H,15-17H2,1-2H3,(H,26,29)(H,27,28). The molecule has 0 aliphatic rings. The monoisotopic (exact) mass is 402 g/mol. The van der Waals surface area contributed by atoms with Crippen molar-refractivity contribution in [3.63, 3.8) is 0 Å². The van der Waals surface area contributed by atoms with Crippen LogP contribution in [0.2, 0.25) is 0 Å². The van der Waals surface area contributed by atoms with Crippen LogP contribution in [0.1, 0.15) is 27.0 Å². The molecule has 30 heavy (non-hydrogen) atoms. The highest BCUT2D eigenvalue weighted by Crippen LogP contribution is 2.21. The third kappa shape index (κ3) is 5.70. The second kappa shape index (κ2) is 10.3. The van der Waals surface area contributed by atoms with Crippen LogP contribution >= 0.6 is 0 Å². The van der Waals surface area contributed by atoms with Crippen molar-refractivity contribution in [2.24, 2.45) is 0 Å². The molecule has 0 atom stereocenters. The molecule has 0 bridgehead atoms. The Morgan fingerprint density at radius 2 is 1.60 bits per heavy atom. The molecule has 3 rings (SSSR count). The Labute approximate surface area is 177 Å². The van der Waals surface area contributed by atoms with Crippen LogP contribution in [0.4, 0.5) is 5.69 Å². The average Bonchev–Trinajstić information content (AvgIpc) is 2.76. The highest BCUT2D eigenvalue weighted by molar-refractivity contribution is 6.04. The van der Waals surface area contributed by atoms with Gasteiger partial charge in [0, 0.05) is 6.54 Å². The molecule has 3 aromatic rings. The predicted molar refractivity (Wildman–Crippen MR) is 119 cm³/mol. The van der Waals surface area contributed by atoms with Gasteiger partial charge in [0.25, 0.3) is 11.8 Å². The Hall–Kier alpha value is -3.60. The predicted octanol–water partition coefficient (Wildman–Crippen LogP) is 4.29. The molecular weight excluding hydrogens is 376 g/mol. The third-order valence-corrected chi connectivity index (χ3v) is 4.90. The summed E-state index contributed by atoms with van der Waals surface area (Å²) in [7, 11) is 0. The summed E-state index contributed by atoms with van der Waals surface area (Å²) in [5.41, 5.74) is 4.15. The van der Waals surface area contributed by atoms with Crippen molar-refractivity contribution in [1.29, 1.82) is 0 Å². The Kier molecular flexibility index (Phi) is 7.22. The van der Waals surface area contributed by atoms with Crippen molar-refractivity contribution in [3.05, 3.63) is 95.1 Å². The van der Waals surface area contributed by atoms with Gasteiger partial charge in [-0.15, -0.1) is 0 Å². The fraction of sp³-hybridized carbons (Fsp3) is 0.200. The van der Waals surface area contributed by atoms with Gasteiger partial charge in [-0.2, -0.15) is 0 Å². The van der Waals surface area contributed by atoms with E-state index >= 15 is 0 Å². The van der Waals surface area contributed by atoms with Gasteiger partial charge in [-0.05, 0) is 55.2 Å². The van der Waals surface area contributed by atoms with Gasteiger partial charge in [-0.25, -0.2) is 0 Å². The lowest BCUT2D eigenvalue weighted by molar-refractivity contribution is -0.118. The van der Waals surface area contributed by atoms with Crippen LogP contribution in [0.25, 0.3) is 0 Å². The smallest absolute Gasteiger partial charge is 0.262 e. The van der Waals surface area contributed by atoms with Gasteiger partial charge in [-0.3, -0.25) is 9.59 Å². The molecule has 0 aliphatic carbocycles. The van der Waals surface area contributed by atoms with Crippen LogP contribution in [-0.4, -0.2) is 25.0 Å². The van der Waals surface area contributed by atoms with Gasteiger partial charge < -0.3 is 15.4 Å². The number of amides is 2. The van der Waals surface area contributed by atoms with Gasteiger partial charge in [0.15, 0.2) is 6.61 Å². The number of carbonyl (C=O) groups excluding carboxylic acids is 2. The van der Waals surface area contributed by atoms with Crippen molar-refractivity contribution in [2.75, 3.05) is 18.5 Å². The van der Waals surface area contributed by atoms with E-state index in [9.17, 15) is 9.59 Å². The number of hydrogen-bond acceptors (Lipinski definition) is 3. The molecule has 5 nitrogen and oxygen atoms in total. The molecule has 0 heterocycles. The minimum Gasteiger partial charge on any atom is -0.483 e. The molecule has 0 spiro atoms. The molecule has 3 aromatic carbocycles. The molecule has 2 amide bonds. The molecule has 2 N–H and O–H groups in total. The Bertz CT molecular complexity index is 1020. The zero-order valence-corrected chi connectivity index (χ0v) is 17.3. The summed E-state index contributed by atoms with van der Waals surface area (Å²) in [6.07, 6.45) is 0.741. The van der Waals surface area contributed by atoms with E-state index in [1.807, 2.05) is 62.4 Å². The summed E-state index contributed by atoms with van der Waals surface area (Å²) < 4.78 is 5.65. The lowest BCUT2D eigenvalue weighted by Gasteiger charge is -2.13. The van der Waals surface area contributed by atoms with E-state index in [1.54, 1.807) is 24.3 Å². The largest absolute Gasteiger partial charge is 0.483 e. The number of carbonyl (C=O) groups is 2. The third-order valence-electron chi connectivity index (χ3n) is 4.90. The van der Waals surface area contributed by atoms with Crippen LogP contribution in [0.15, 0.2) is 72.8 Å². The highest BCUT2D eigenvalue weighted by atomic mass is 16.5. The van der Waals surface area contributed by atoms with Crippen molar-refractivity contribution in [3.8, 4) is 5.75 Å². The topological polar surface area (TPSA) is 67.4 Å². The molecular formula is C25H26N2O3. The zero-order chi connectivity index (χ0) is 21.3. The number of benzene rings is 3. The summed E-state index contributed by atoms with van der Waals surface area (Å²) >= 11 is 0. The molecule has 0 saturated heterocycles. The number of aryl methyl sites for hydroxylation is 1. The Morgan fingerprint density at radius 3 is 2.40 bits per heavy atom. The lowest BCUT2D eigenvalue weighted by atomic mass is 10.1. The van der Waals surface area contributed by atoms with Crippen molar-refractivity contribution in [2.45, 2.75) is 20.3 Å². The summed E-state index contributed by atoms with van der Waals surface area (Å²) in [5, 5.41) is 5.69. The Morgan fingerprint density at radius 1 is 0.867 bits per heavy atom. The lowest BCUT2D eigenvalue weighted by Crippen LogP contribution is -2.28. The van der Waals surface area contributed by atoms with E-state index in [0.717, 1.165) is 23.1 Å². The van der Waals surface area contributed by atoms with Gasteiger partial charge in [-0.1, -0.05) is 54.6 Å². The van der Waals surface area contributed by atoms with Gasteiger partial charge in [0.05, 0.1) is 11.3 Å². The molecule has 0 saturated carbocycles. The normalized spacial score (nSPS) is 10.3. The number of hydrogen-bond donors (Lipinski definition) is 2. The van der Waals surface area contributed by atoms with Crippen LogP contribution in [0.3, 0.4) is 0 Å². The van der Waals surface area contributed by atoms with E-state index in [2.05, 4.69) is 10.6 Å². The van der Waals surface area contributed by atoms with Crippen LogP contribution in [0.5, 0.6) is 5.75 Å². The van der Waals surface area contributed by atoms with E-state index in [4.69, 9.17) is 4.74 Å². The first-order chi connectivity index (χ1) is 14.5. The van der Waals surface area contributed by atoms with Gasteiger partial charge in [0.2, 0.25) is 0 Å². The van der Waals surface area contributed by atoms with Crippen LogP contribution < -0.4 is 15.4 Å². The Balaban J connectivity index is 1.56. The van der Waals surface area contributed by atoms with Gasteiger partial charge >= 0.3 is 0 Å². The van der Waals surface area contributed by atoms with E-state index in [1.165, 1.54) is 0 Å². The van der Waals surface area contributed by atoms with Crippen LogP contribution in [-0.2, 0) is 11.2 Å². The molecule has 154 valence electrons. The van der Waals surface area contributed by atoms with Crippen LogP contribution in [0, 0.1) is 13.8 Å². The summed E-state index contributed by atoms with van der Waals surface area (Å²) in [5.74, 6) is 0.134. The maximum atomic E-state index is 12.6. The minimum absolute atomic E-state index is 0.131. The van der Waals surface area contributed by atoms with Crippen molar-refractivity contribution >= 4 is 17.5 Å². The number of anilines is 1. The molecule has 0 fully saturated rings. The quantitative estimate of drug-likeness (QED) is 0.591. The van der Waals surface area contributed by atoms with E-state index in [-0.39, 0.29) is 18.4 Å². The average molecular weight is 402 g/mol. The maximum Gasteiger partial charge on any atom is 0.262 e. The fourth-order valence-corrected chi connectivity index (χ4v) is 3.06. The number of nitrogens with one attached hydrogen (secondary N) is 2. The summed E-state index contributed by atoms with van der Waals surface area (Å²) in [4.78, 5) is 25.0. The number of para-hydroxylation sites is 1. The SMILES string of the molecule is Cc1cccc(OCC(=O)Nc2ccccc2C(=O)NCCc2ccccc2)c1C. The number of ether oxygens (including phenoxy) is 1. The highest BCUT2D eigenvalue weighted by Gasteiger charge is 2.13. The maximum absolute atomic E-state index is 12.6. The fourth-order valence-electron chi connectivity index (χ4n) is 3.06. The van der Waals surface area contributed by atoms with E-state index < -0.39 is 0 Å². The molecule has 0 aliphatic heterocycles. The van der Waals surface area contributed by atoms with Crippen molar-refractivity contribution in [1.82, 2.24) is 5.32 Å². The zero-order valence-electron chi connectivity index (χ0n) is 17.3. The second-order valence-electron chi connectivity index (χ2n) is 7.07. The molecule has 0 radical (unpaired) electrons. The number of rotatable bonds is 8. The van der Waals surface area contributed by atoms with Crippen molar-refractivity contribution < 1.29 is 14.3 Å². The first-order valence-corrected chi connectivity index (χ1v) is 9.94. The molecule has 5 heteroatoms. The first kappa shape index (κ1) is 21.1. The first-order valence-electron chi connectivity index (χ1n) is 9.94. The summed E-state index contributed by atoms with van der Waals surface area (Å²) in [6.45, 7) is 4.34. The van der Waals surface area contributed by atoms with Gasteiger partial charge in [0.1, 0.15) is 5.75 Å².